The van der Waals surface area contributed by atoms with Gasteiger partial charge in [-0.15, -0.1) is 0 Å². The van der Waals surface area contributed by atoms with E-state index in [2.05, 4.69) is 4.98 Å². The molecular formula is C11H12N4O4. The Balaban J connectivity index is 2.17. The molecule has 0 unspecified atom stereocenters. The van der Waals surface area contributed by atoms with Crippen molar-refractivity contribution in [2.24, 2.45) is 14.1 Å². The fourth-order valence-corrected chi connectivity index (χ4v) is 2.05. The van der Waals surface area contributed by atoms with Gasteiger partial charge in [0, 0.05) is 14.1 Å². The van der Waals surface area contributed by atoms with Crippen molar-refractivity contribution in [3.8, 4) is 0 Å². The van der Waals surface area contributed by atoms with Crippen LogP contribution in [0.15, 0.2) is 28.4 Å². The molecule has 0 radical (unpaired) electrons. The van der Waals surface area contributed by atoms with E-state index in [1.807, 2.05) is 0 Å². The molecule has 3 rings (SSSR count). The van der Waals surface area contributed by atoms with Crippen LogP contribution in [0.25, 0.3) is 11.2 Å². The molecular weight excluding hydrogens is 252 g/mol. The van der Waals surface area contributed by atoms with E-state index in [4.69, 9.17) is 9.47 Å². The van der Waals surface area contributed by atoms with E-state index in [0.29, 0.717) is 17.7 Å². The number of aromatic nitrogens is 4. The van der Waals surface area contributed by atoms with Crippen LogP contribution in [0.5, 0.6) is 0 Å². The quantitative estimate of drug-likeness (QED) is 0.715. The lowest BCUT2D eigenvalue weighted by atomic mass is 10.5. The molecule has 0 bridgehead atoms. The molecule has 1 aliphatic heterocycles. The van der Waals surface area contributed by atoms with Gasteiger partial charge in [-0.2, -0.15) is 0 Å². The zero-order valence-electron chi connectivity index (χ0n) is 10.4. The van der Waals surface area contributed by atoms with Crippen LogP contribution < -0.4 is 11.2 Å². The van der Waals surface area contributed by atoms with Gasteiger partial charge in [-0.05, 0) is 0 Å². The van der Waals surface area contributed by atoms with E-state index in [1.54, 1.807) is 11.6 Å². The summed E-state index contributed by atoms with van der Waals surface area (Å²) in [5.74, 6) is 0. The summed E-state index contributed by atoms with van der Waals surface area (Å²) in [5, 5.41) is 0. The van der Waals surface area contributed by atoms with Gasteiger partial charge >= 0.3 is 5.69 Å². The minimum absolute atomic E-state index is 0.316. The molecule has 2 aromatic rings. The molecule has 0 N–H and O–H groups in total. The van der Waals surface area contributed by atoms with Crippen LogP contribution in [0.2, 0.25) is 0 Å². The minimum Gasteiger partial charge on any atom is -0.457 e. The van der Waals surface area contributed by atoms with Gasteiger partial charge in [-0.1, -0.05) is 0 Å². The van der Waals surface area contributed by atoms with E-state index >= 15 is 0 Å². The number of hydrogen-bond donors (Lipinski definition) is 0. The number of fused-ring (bicyclic) bond motifs is 1. The molecule has 0 atom stereocenters. The van der Waals surface area contributed by atoms with Gasteiger partial charge in [0.2, 0.25) is 0 Å². The lowest BCUT2D eigenvalue weighted by Crippen LogP contribution is -2.37. The Hall–Kier alpha value is -2.51. The summed E-state index contributed by atoms with van der Waals surface area (Å²) in [6, 6.07) is 0. The Kier molecular flexibility index (Phi) is 2.44. The van der Waals surface area contributed by atoms with E-state index in [9.17, 15) is 9.59 Å². The Labute approximate surface area is 107 Å². The second-order valence-corrected chi connectivity index (χ2v) is 4.25. The smallest absolute Gasteiger partial charge is 0.332 e. The maximum atomic E-state index is 12.1. The van der Waals surface area contributed by atoms with Crippen LogP contribution >= 0.6 is 0 Å². The Morgan fingerprint density at radius 1 is 1.21 bits per heavy atom. The largest absolute Gasteiger partial charge is 0.457 e. The van der Waals surface area contributed by atoms with E-state index in [-0.39, 0.29) is 5.56 Å². The second kappa shape index (κ2) is 4.01. The number of nitrogens with zero attached hydrogens (tertiary/aromatic N) is 4. The maximum absolute atomic E-state index is 12.1. The topological polar surface area (TPSA) is 80.3 Å². The van der Waals surface area contributed by atoms with Crippen LogP contribution in [-0.4, -0.2) is 25.0 Å². The molecule has 0 saturated carbocycles. The number of hydrogen-bond acceptors (Lipinski definition) is 5. The van der Waals surface area contributed by atoms with Crippen LogP contribution in [0, 0.1) is 0 Å². The lowest BCUT2D eigenvalue weighted by molar-refractivity contribution is -0.0335. The Morgan fingerprint density at radius 3 is 2.58 bits per heavy atom. The molecule has 1 aliphatic rings. The van der Waals surface area contributed by atoms with Crippen molar-refractivity contribution >= 4 is 11.2 Å². The molecule has 0 aliphatic carbocycles. The first-order valence-corrected chi connectivity index (χ1v) is 5.66. The lowest BCUT2D eigenvalue weighted by Gasteiger charge is -2.11. The van der Waals surface area contributed by atoms with Crippen molar-refractivity contribution in [2.45, 2.75) is 12.8 Å². The molecule has 8 nitrogen and oxygen atoms in total. The van der Waals surface area contributed by atoms with Crippen molar-refractivity contribution in [1.29, 1.82) is 0 Å². The molecule has 0 amide bonds. The first-order valence-electron chi connectivity index (χ1n) is 5.66. The summed E-state index contributed by atoms with van der Waals surface area (Å²) in [4.78, 5) is 28.0. The molecule has 0 fully saturated rings. The molecule has 2 aromatic heterocycles. The number of imidazole rings is 1. The molecule has 0 saturated heterocycles. The Morgan fingerprint density at radius 2 is 1.89 bits per heavy atom. The van der Waals surface area contributed by atoms with Crippen molar-refractivity contribution in [1.82, 2.24) is 18.7 Å². The third-order valence-corrected chi connectivity index (χ3v) is 3.08. The SMILES string of the molecule is Cn1c(=O)c2c(ncn2CC2OC=CO2)n(C)c1=O. The zero-order chi connectivity index (χ0) is 13.6. The molecule has 8 heteroatoms. The van der Waals surface area contributed by atoms with Gasteiger partial charge in [0.05, 0.1) is 12.9 Å². The van der Waals surface area contributed by atoms with Crippen molar-refractivity contribution < 1.29 is 9.47 Å². The second-order valence-electron chi connectivity index (χ2n) is 4.25. The Bertz CT molecular complexity index is 774. The van der Waals surface area contributed by atoms with Gasteiger partial charge in [0.25, 0.3) is 11.8 Å². The fraction of sp³-hybridized carbons (Fsp3) is 0.364. The van der Waals surface area contributed by atoms with Gasteiger partial charge in [-0.25, -0.2) is 9.78 Å². The molecule has 0 aromatic carbocycles. The van der Waals surface area contributed by atoms with Crippen molar-refractivity contribution in [3.05, 3.63) is 39.7 Å². The normalized spacial score (nSPS) is 14.8. The summed E-state index contributed by atoms with van der Waals surface area (Å²) in [5.41, 5.74) is -0.0953. The fourth-order valence-electron chi connectivity index (χ4n) is 2.05. The molecule has 19 heavy (non-hydrogen) atoms. The molecule has 0 spiro atoms. The highest BCUT2D eigenvalue weighted by Crippen LogP contribution is 2.11. The van der Waals surface area contributed by atoms with Gasteiger partial charge < -0.3 is 14.0 Å². The number of ether oxygens (including phenoxy) is 2. The third kappa shape index (κ3) is 1.64. The number of rotatable bonds is 2. The van der Waals surface area contributed by atoms with Crippen LogP contribution in [0.3, 0.4) is 0 Å². The average molecular weight is 264 g/mol. The van der Waals surface area contributed by atoms with E-state index in [1.165, 1.54) is 30.5 Å². The molecule has 3 heterocycles. The highest BCUT2D eigenvalue weighted by molar-refractivity contribution is 5.69. The zero-order valence-corrected chi connectivity index (χ0v) is 10.4. The summed E-state index contributed by atoms with van der Waals surface area (Å²) in [7, 11) is 3.01. The first kappa shape index (κ1) is 11.6. The number of aryl methyl sites for hydroxylation is 1. The predicted molar refractivity (Wildman–Crippen MR) is 65.3 cm³/mol. The van der Waals surface area contributed by atoms with E-state index < -0.39 is 12.0 Å². The highest BCUT2D eigenvalue weighted by atomic mass is 16.7. The summed E-state index contributed by atoms with van der Waals surface area (Å²) >= 11 is 0. The monoisotopic (exact) mass is 264 g/mol. The van der Waals surface area contributed by atoms with Gasteiger partial charge in [0.15, 0.2) is 11.2 Å². The third-order valence-electron chi connectivity index (χ3n) is 3.08. The summed E-state index contributed by atoms with van der Waals surface area (Å²) in [6.07, 6.45) is 3.89. The van der Waals surface area contributed by atoms with Crippen molar-refractivity contribution in [2.75, 3.05) is 0 Å². The van der Waals surface area contributed by atoms with Gasteiger partial charge in [-0.3, -0.25) is 13.9 Å². The van der Waals surface area contributed by atoms with Crippen LogP contribution in [0.4, 0.5) is 0 Å². The van der Waals surface area contributed by atoms with Crippen LogP contribution in [-0.2, 0) is 30.1 Å². The van der Waals surface area contributed by atoms with Crippen LogP contribution in [0.1, 0.15) is 0 Å². The average Bonchev–Trinajstić information content (AvgIpc) is 3.04. The first-order chi connectivity index (χ1) is 9.09. The summed E-state index contributed by atoms with van der Waals surface area (Å²) < 4.78 is 14.3. The minimum atomic E-state index is -0.487. The summed E-state index contributed by atoms with van der Waals surface area (Å²) in [6.45, 7) is 0.316. The highest BCUT2D eigenvalue weighted by Gasteiger charge is 2.19. The molecule has 100 valence electrons. The van der Waals surface area contributed by atoms with Gasteiger partial charge in [0.1, 0.15) is 12.5 Å². The standard InChI is InChI=1S/C11H12N4O4/c1-13-9-8(10(16)14(2)11(13)17)15(6-12-9)5-7-18-3-4-19-7/h3-4,6-7H,5H2,1-2H3. The maximum Gasteiger partial charge on any atom is 0.332 e. The van der Waals surface area contributed by atoms with Crippen molar-refractivity contribution in [3.63, 3.8) is 0 Å². The predicted octanol–water partition coefficient (Wildman–Crippen LogP) is -0.722. The van der Waals surface area contributed by atoms with E-state index in [0.717, 1.165) is 4.57 Å².